The highest BCUT2D eigenvalue weighted by Gasteiger charge is 2.19. The molecule has 0 aliphatic rings. The Kier molecular flexibility index (Phi) is 41.6. The maximum atomic E-state index is 12.7. The third-order valence-electron chi connectivity index (χ3n) is 9.23. The fraction of sp³-hybridized carbons (Fsp3) is 0.660. The Labute approximate surface area is 344 Å². The van der Waals surface area contributed by atoms with E-state index in [0.717, 1.165) is 70.6 Å². The van der Waals surface area contributed by atoms with E-state index >= 15 is 0 Å². The van der Waals surface area contributed by atoms with Crippen molar-refractivity contribution in [1.29, 1.82) is 0 Å². The first kappa shape index (κ1) is 52.6. The zero-order chi connectivity index (χ0) is 40.8. The topological polar surface area (TPSA) is 78.9 Å². The molecule has 0 bridgehead atoms. The van der Waals surface area contributed by atoms with Gasteiger partial charge >= 0.3 is 17.9 Å². The van der Waals surface area contributed by atoms with E-state index in [1.165, 1.54) is 77.0 Å². The van der Waals surface area contributed by atoms with Crippen LogP contribution in [0.5, 0.6) is 0 Å². The van der Waals surface area contributed by atoms with Gasteiger partial charge < -0.3 is 14.2 Å². The SMILES string of the molecule is CC\C=C/C=C\C=C/C=C\C=C/CCCC(=O)OC(COC(=O)CCCCCC/C=C\CCCC)COC(=O)CCCCCCCCC/C=C\CCCCCC. The molecule has 6 nitrogen and oxygen atoms in total. The Hall–Kier alpha value is -3.41. The number of hydrogen-bond donors (Lipinski definition) is 0. The van der Waals surface area contributed by atoms with E-state index in [2.05, 4.69) is 51.2 Å². The van der Waals surface area contributed by atoms with Crippen molar-refractivity contribution in [3.05, 3.63) is 85.1 Å². The van der Waals surface area contributed by atoms with E-state index < -0.39 is 6.10 Å². The molecular formula is C50H82O6. The summed E-state index contributed by atoms with van der Waals surface area (Å²) in [5, 5.41) is 0. The predicted octanol–water partition coefficient (Wildman–Crippen LogP) is 14.5. The van der Waals surface area contributed by atoms with Gasteiger partial charge in [-0.05, 0) is 77.0 Å². The van der Waals surface area contributed by atoms with Crippen molar-refractivity contribution in [2.75, 3.05) is 13.2 Å². The third kappa shape index (κ3) is 41.7. The van der Waals surface area contributed by atoms with Gasteiger partial charge in [-0.3, -0.25) is 14.4 Å². The molecule has 0 spiro atoms. The van der Waals surface area contributed by atoms with Gasteiger partial charge in [-0.25, -0.2) is 0 Å². The summed E-state index contributed by atoms with van der Waals surface area (Å²) in [5.41, 5.74) is 0. The van der Waals surface area contributed by atoms with Crippen molar-refractivity contribution < 1.29 is 28.6 Å². The van der Waals surface area contributed by atoms with Gasteiger partial charge in [-0.15, -0.1) is 0 Å². The van der Waals surface area contributed by atoms with Crippen LogP contribution >= 0.6 is 0 Å². The van der Waals surface area contributed by atoms with Gasteiger partial charge in [-0.2, -0.15) is 0 Å². The number of rotatable bonds is 39. The fourth-order valence-corrected chi connectivity index (χ4v) is 5.80. The van der Waals surface area contributed by atoms with E-state index in [0.29, 0.717) is 19.3 Å². The van der Waals surface area contributed by atoms with E-state index in [4.69, 9.17) is 14.2 Å². The highest BCUT2D eigenvalue weighted by molar-refractivity contribution is 5.71. The molecule has 0 saturated carbocycles. The lowest BCUT2D eigenvalue weighted by molar-refractivity contribution is -0.167. The van der Waals surface area contributed by atoms with Gasteiger partial charge in [-0.1, -0.05) is 183 Å². The van der Waals surface area contributed by atoms with Crippen LogP contribution in [0.15, 0.2) is 85.1 Å². The van der Waals surface area contributed by atoms with Crippen LogP contribution in [0.25, 0.3) is 0 Å². The van der Waals surface area contributed by atoms with Crippen LogP contribution < -0.4 is 0 Å². The first-order valence-electron chi connectivity index (χ1n) is 22.7. The van der Waals surface area contributed by atoms with Crippen molar-refractivity contribution in [3.8, 4) is 0 Å². The highest BCUT2D eigenvalue weighted by Crippen LogP contribution is 2.13. The predicted molar refractivity (Wildman–Crippen MR) is 237 cm³/mol. The molecule has 0 aromatic heterocycles. The molecule has 1 unspecified atom stereocenters. The lowest BCUT2D eigenvalue weighted by Gasteiger charge is -2.18. The van der Waals surface area contributed by atoms with Gasteiger partial charge in [0.2, 0.25) is 0 Å². The maximum Gasteiger partial charge on any atom is 0.306 e. The average molecular weight is 779 g/mol. The number of hydrogen-bond acceptors (Lipinski definition) is 6. The number of carbonyl (C=O) groups excluding carboxylic acids is 3. The van der Waals surface area contributed by atoms with E-state index in [1.54, 1.807) is 0 Å². The monoisotopic (exact) mass is 779 g/mol. The molecule has 6 heteroatoms. The third-order valence-corrected chi connectivity index (χ3v) is 9.23. The summed E-state index contributed by atoms with van der Waals surface area (Å²) in [6, 6.07) is 0. The molecule has 0 rings (SSSR count). The minimum atomic E-state index is -0.817. The summed E-state index contributed by atoms with van der Waals surface area (Å²) in [7, 11) is 0. The molecular weight excluding hydrogens is 697 g/mol. The standard InChI is InChI=1S/C50H82O6/c1-4-7-10-13-16-19-22-24-25-27-28-31-34-37-40-43-49(52)55-46-47(45-54-48(51)42-39-36-33-30-21-18-15-12-9-6-3)56-50(53)44-41-38-35-32-29-26-23-20-17-14-11-8-5-2/h8,11,14-15,17-20,22-23,26,29,32,35,47H,4-7,9-10,12-13,16,21,24-25,27-28,30-31,33-34,36-46H2,1-3H3/b11-8-,17-14-,18-15-,22-19-,23-20-,29-26-,35-32-. The number of unbranched alkanes of at least 4 members (excludes halogenated alkanes) is 18. The Balaban J connectivity index is 4.50. The van der Waals surface area contributed by atoms with Gasteiger partial charge in [0.15, 0.2) is 6.10 Å². The van der Waals surface area contributed by atoms with Crippen molar-refractivity contribution in [1.82, 2.24) is 0 Å². The highest BCUT2D eigenvalue weighted by atomic mass is 16.6. The summed E-state index contributed by atoms with van der Waals surface area (Å²) in [5.74, 6) is -1.01. The Bertz CT molecular complexity index is 1120. The van der Waals surface area contributed by atoms with Crippen LogP contribution in [0.2, 0.25) is 0 Å². The number of ether oxygens (including phenoxy) is 3. The molecule has 1 atom stereocenters. The molecule has 318 valence electrons. The summed E-state index contributed by atoms with van der Waals surface area (Å²) in [4.78, 5) is 37.7. The van der Waals surface area contributed by atoms with Crippen molar-refractivity contribution in [3.63, 3.8) is 0 Å². The maximum absolute atomic E-state index is 12.7. The summed E-state index contributed by atoms with van der Waals surface area (Å²) in [6.07, 6.45) is 55.7. The second kappa shape index (κ2) is 44.3. The van der Waals surface area contributed by atoms with Gasteiger partial charge in [0.25, 0.3) is 0 Å². The fourth-order valence-electron chi connectivity index (χ4n) is 5.80. The average Bonchev–Trinajstić information content (AvgIpc) is 3.19. The first-order valence-corrected chi connectivity index (χ1v) is 22.7. The number of allylic oxidation sites excluding steroid dienone is 14. The van der Waals surface area contributed by atoms with Gasteiger partial charge in [0, 0.05) is 19.3 Å². The van der Waals surface area contributed by atoms with E-state index in [9.17, 15) is 14.4 Å². The molecule has 0 aromatic carbocycles. The lowest BCUT2D eigenvalue weighted by Crippen LogP contribution is -2.30. The molecule has 0 saturated heterocycles. The zero-order valence-electron chi connectivity index (χ0n) is 36.1. The normalized spacial score (nSPS) is 12.8. The largest absolute Gasteiger partial charge is 0.462 e. The molecule has 56 heavy (non-hydrogen) atoms. The molecule has 0 heterocycles. The van der Waals surface area contributed by atoms with E-state index in [1.807, 2.05) is 54.7 Å². The lowest BCUT2D eigenvalue weighted by atomic mass is 10.1. The van der Waals surface area contributed by atoms with Crippen molar-refractivity contribution in [2.45, 2.75) is 200 Å². The summed E-state index contributed by atoms with van der Waals surface area (Å²) < 4.78 is 16.6. The van der Waals surface area contributed by atoms with Crippen LogP contribution in [0.4, 0.5) is 0 Å². The van der Waals surface area contributed by atoms with Crippen LogP contribution in [0.3, 0.4) is 0 Å². The molecule has 0 aromatic rings. The molecule has 0 aliphatic carbocycles. The van der Waals surface area contributed by atoms with Crippen molar-refractivity contribution in [2.24, 2.45) is 0 Å². The van der Waals surface area contributed by atoms with Crippen LogP contribution in [0, 0.1) is 0 Å². The zero-order valence-corrected chi connectivity index (χ0v) is 36.1. The van der Waals surface area contributed by atoms with Crippen molar-refractivity contribution >= 4 is 17.9 Å². The second-order valence-electron chi connectivity index (χ2n) is 14.7. The Morgan fingerprint density at radius 1 is 0.375 bits per heavy atom. The van der Waals surface area contributed by atoms with Crippen LogP contribution in [-0.4, -0.2) is 37.2 Å². The molecule has 0 fully saturated rings. The molecule has 0 radical (unpaired) electrons. The molecule has 0 aliphatic heterocycles. The smallest absolute Gasteiger partial charge is 0.306 e. The Morgan fingerprint density at radius 2 is 0.750 bits per heavy atom. The minimum Gasteiger partial charge on any atom is -0.462 e. The van der Waals surface area contributed by atoms with Gasteiger partial charge in [0.05, 0.1) is 0 Å². The number of esters is 3. The summed E-state index contributed by atoms with van der Waals surface area (Å²) in [6.45, 7) is 6.33. The summed E-state index contributed by atoms with van der Waals surface area (Å²) >= 11 is 0. The number of carbonyl (C=O) groups is 3. The molecule has 0 amide bonds. The Morgan fingerprint density at radius 3 is 1.23 bits per heavy atom. The van der Waals surface area contributed by atoms with E-state index in [-0.39, 0.29) is 37.5 Å². The quantitative estimate of drug-likeness (QED) is 0.0203. The molecule has 0 N–H and O–H groups in total. The minimum absolute atomic E-state index is 0.112. The van der Waals surface area contributed by atoms with Gasteiger partial charge in [0.1, 0.15) is 13.2 Å². The first-order chi connectivity index (χ1) is 27.5. The van der Waals surface area contributed by atoms with Crippen LogP contribution in [0.1, 0.15) is 194 Å². The van der Waals surface area contributed by atoms with Crippen LogP contribution in [-0.2, 0) is 28.6 Å². The second-order valence-corrected chi connectivity index (χ2v) is 14.7.